The molecule has 3 rings (SSSR count). The number of hydrogen-bond donors (Lipinski definition) is 2. The van der Waals surface area contributed by atoms with Gasteiger partial charge in [-0.3, -0.25) is 0 Å². The van der Waals surface area contributed by atoms with Gasteiger partial charge in [0.2, 0.25) is 5.95 Å². The molecule has 2 N–H and O–H groups in total. The van der Waals surface area contributed by atoms with Crippen molar-refractivity contribution in [1.82, 2.24) is 19.5 Å². The van der Waals surface area contributed by atoms with Crippen LogP contribution in [0.25, 0.3) is 0 Å². The van der Waals surface area contributed by atoms with Crippen LogP contribution in [0.5, 0.6) is 0 Å². The van der Waals surface area contributed by atoms with Crippen LogP contribution in [-0.2, 0) is 13.1 Å². The molecule has 6 nitrogen and oxygen atoms in total. The molecule has 0 aliphatic rings. The number of hydrogen-bond acceptors (Lipinski definition) is 5. The van der Waals surface area contributed by atoms with Crippen LogP contribution in [0.4, 0.5) is 11.8 Å². The molecule has 0 fully saturated rings. The molecular formula is C16H18N6. The van der Waals surface area contributed by atoms with Gasteiger partial charge in [0.25, 0.3) is 0 Å². The summed E-state index contributed by atoms with van der Waals surface area (Å²) < 4.78 is 2.12. The third-order valence-electron chi connectivity index (χ3n) is 3.31. The second-order valence-corrected chi connectivity index (χ2v) is 4.83. The Kier molecular flexibility index (Phi) is 4.29. The zero-order chi connectivity index (χ0) is 15.2. The average molecular weight is 294 g/mol. The summed E-state index contributed by atoms with van der Waals surface area (Å²) in [6.07, 6.45) is 5.51. The van der Waals surface area contributed by atoms with E-state index in [0.717, 1.165) is 18.2 Å². The fraction of sp³-hybridized carbons (Fsp3) is 0.188. The average Bonchev–Trinajstić information content (AvgIpc) is 3.01. The molecule has 0 radical (unpaired) electrons. The van der Waals surface area contributed by atoms with Crippen LogP contribution in [0, 0.1) is 0 Å². The summed E-state index contributed by atoms with van der Waals surface area (Å²) in [6, 6.07) is 12.1. The number of nitrogens with one attached hydrogen (secondary N) is 2. The number of rotatable bonds is 6. The Labute approximate surface area is 129 Å². The lowest BCUT2D eigenvalue weighted by molar-refractivity contribution is 0.733. The van der Waals surface area contributed by atoms with Crippen LogP contribution in [0.3, 0.4) is 0 Å². The van der Waals surface area contributed by atoms with E-state index in [4.69, 9.17) is 0 Å². The normalized spacial score (nSPS) is 10.4. The van der Waals surface area contributed by atoms with Gasteiger partial charge >= 0.3 is 0 Å². The van der Waals surface area contributed by atoms with Gasteiger partial charge in [0.05, 0.1) is 6.54 Å². The molecule has 0 amide bonds. The summed E-state index contributed by atoms with van der Waals surface area (Å²) in [4.78, 5) is 12.9. The van der Waals surface area contributed by atoms with Crippen molar-refractivity contribution in [1.29, 1.82) is 0 Å². The van der Waals surface area contributed by atoms with Crippen molar-refractivity contribution in [2.45, 2.75) is 13.1 Å². The zero-order valence-corrected chi connectivity index (χ0v) is 12.4. The predicted octanol–water partition coefficient (Wildman–Crippen LogP) is 2.38. The molecule has 0 saturated heterocycles. The zero-order valence-electron chi connectivity index (χ0n) is 12.4. The Balaban J connectivity index is 1.67. The van der Waals surface area contributed by atoms with Crippen molar-refractivity contribution in [3.8, 4) is 0 Å². The number of benzene rings is 1. The van der Waals surface area contributed by atoms with Crippen LogP contribution < -0.4 is 10.6 Å². The standard InChI is InChI=1S/C16H18N6/c1-17-14-7-8-19-16(21-14)20-11-15-18-9-10-22(15)12-13-5-3-2-4-6-13/h2-10H,11-12H2,1H3,(H2,17,19,20,21). The smallest absolute Gasteiger partial charge is 0.224 e. The van der Waals surface area contributed by atoms with Gasteiger partial charge in [-0.25, -0.2) is 9.97 Å². The molecule has 0 spiro atoms. The van der Waals surface area contributed by atoms with Crippen LogP contribution in [0.1, 0.15) is 11.4 Å². The van der Waals surface area contributed by atoms with E-state index < -0.39 is 0 Å². The monoisotopic (exact) mass is 294 g/mol. The molecule has 0 unspecified atom stereocenters. The lowest BCUT2D eigenvalue weighted by Crippen LogP contribution is -2.11. The summed E-state index contributed by atoms with van der Waals surface area (Å²) in [6.45, 7) is 1.38. The van der Waals surface area contributed by atoms with Crippen molar-refractivity contribution in [2.75, 3.05) is 17.7 Å². The summed E-state index contributed by atoms with van der Waals surface area (Å²) in [5, 5.41) is 6.20. The van der Waals surface area contributed by atoms with Gasteiger partial charge in [0.15, 0.2) is 0 Å². The first-order valence-corrected chi connectivity index (χ1v) is 7.14. The third-order valence-corrected chi connectivity index (χ3v) is 3.31. The number of nitrogens with zero attached hydrogens (tertiary/aromatic N) is 4. The van der Waals surface area contributed by atoms with Gasteiger partial charge in [0.1, 0.15) is 11.6 Å². The molecule has 0 bridgehead atoms. The molecule has 0 aliphatic heterocycles. The van der Waals surface area contributed by atoms with Crippen LogP contribution in [-0.4, -0.2) is 26.6 Å². The maximum Gasteiger partial charge on any atom is 0.224 e. The first kappa shape index (κ1) is 14.1. The van der Waals surface area contributed by atoms with E-state index in [1.807, 2.05) is 43.7 Å². The predicted molar refractivity (Wildman–Crippen MR) is 86.7 cm³/mol. The lowest BCUT2D eigenvalue weighted by atomic mass is 10.2. The molecule has 2 aromatic heterocycles. The van der Waals surface area contributed by atoms with Gasteiger partial charge in [-0.15, -0.1) is 0 Å². The second-order valence-electron chi connectivity index (χ2n) is 4.83. The number of imidazole rings is 1. The topological polar surface area (TPSA) is 67.7 Å². The summed E-state index contributed by atoms with van der Waals surface area (Å²) in [7, 11) is 1.83. The fourth-order valence-corrected chi connectivity index (χ4v) is 2.17. The van der Waals surface area contributed by atoms with E-state index in [-0.39, 0.29) is 0 Å². The highest BCUT2D eigenvalue weighted by molar-refractivity contribution is 5.38. The van der Waals surface area contributed by atoms with Crippen molar-refractivity contribution in [3.63, 3.8) is 0 Å². The highest BCUT2D eigenvalue weighted by Crippen LogP contribution is 2.08. The number of anilines is 2. The van der Waals surface area contributed by atoms with Gasteiger partial charge in [0, 0.05) is 32.2 Å². The van der Waals surface area contributed by atoms with E-state index in [9.17, 15) is 0 Å². The molecule has 112 valence electrons. The van der Waals surface area contributed by atoms with Crippen molar-refractivity contribution in [3.05, 3.63) is 66.4 Å². The number of aromatic nitrogens is 4. The minimum absolute atomic E-state index is 0.576. The largest absolute Gasteiger partial charge is 0.373 e. The molecule has 2 heterocycles. The molecule has 0 aliphatic carbocycles. The van der Waals surface area contributed by atoms with E-state index in [1.54, 1.807) is 6.20 Å². The SMILES string of the molecule is CNc1ccnc(NCc2nccn2Cc2ccccc2)n1. The van der Waals surface area contributed by atoms with Crippen LogP contribution in [0.15, 0.2) is 55.0 Å². The van der Waals surface area contributed by atoms with E-state index in [1.165, 1.54) is 5.56 Å². The summed E-state index contributed by atoms with van der Waals surface area (Å²) in [5.41, 5.74) is 1.25. The van der Waals surface area contributed by atoms with Crippen LogP contribution >= 0.6 is 0 Å². The first-order valence-electron chi connectivity index (χ1n) is 7.14. The third kappa shape index (κ3) is 3.41. The Morgan fingerprint density at radius 2 is 1.91 bits per heavy atom. The highest BCUT2D eigenvalue weighted by atomic mass is 15.2. The van der Waals surface area contributed by atoms with E-state index in [2.05, 4.69) is 42.3 Å². The fourth-order valence-electron chi connectivity index (χ4n) is 2.17. The highest BCUT2D eigenvalue weighted by Gasteiger charge is 2.05. The Bertz CT molecular complexity index is 722. The first-order chi connectivity index (χ1) is 10.8. The van der Waals surface area contributed by atoms with Gasteiger partial charge in [-0.2, -0.15) is 4.98 Å². The van der Waals surface area contributed by atoms with Gasteiger partial charge in [-0.1, -0.05) is 30.3 Å². The van der Waals surface area contributed by atoms with Crippen molar-refractivity contribution in [2.24, 2.45) is 0 Å². The van der Waals surface area contributed by atoms with Crippen molar-refractivity contribution < 1.29 is 0 Å². The van der Waals surface area contributed by atoms with Gasteiger partial charge < -0.3 is 15.2 Å². The minimum Gasteiger partial charge on any atom is -0.373 e. The molecule has 1 aromatic carbocycles. The molecule has 22 heavy (non-hydrogen) atoms. The van der Waals surface area contributed by atoms with E-state index in [0.29, 0.717) is 12.5 Å². The molecule has 3 aromatic rings. The molecule has 0 atom stereocenters. The summed E-state index contributed by atoms with van der Waals surface area (Å²) in [5.74, 6) is 2.31. The van der Waals surface area contributed by atoms with Crippen molar-refractivity contribution >= 4 is 11.8 Å². The Morgan fingerprint density at radius 3 is 2.73 bits per heavy atom. The minimum atomic E-state index is 0.576. The second kappa shape index (κ2) is 6.71. The lowest BCUT2D eigenvalue weighted by Gasteiger charge is -2.09. The molecule has 6 heteroatoms. The maximum absolute atomic E-state index is 4.40. The molecular weight excluding hydrogens is 276 g/mol. The summed E-state index contributed by atoms with van der Waals surface area (Å²) >= 11 is 0. The van der Waals surface area contributed by atoms with Crippen LogP contribution in [0.2, 0.25) is 0 Å². The van der Waals surface area contributed by atoms with Gasteiger partial charge in [-0.05, 0) is 11.6 Å². The maximum atomic E-state index is 4.40. The van der Waals surface area contributed by atoms with E-state index >= 15 is 0 Å². The quantitative estimate of drug-likeness (QED) is 0.730. The molecule has 0 saturated carbocycles. The Morgan fingerprint density at radius 1 is 1.05 bits per heavy atom. The Hall–Kier alpha value is -2.89.